The highest BCUT2D eigenvalue weighted by molar-refractivity contribution is 6.03. The second-order valence-electron chi connectivity index (χ2n) is 15.1. The van der Waals surface area contributed by atoms with Gasteiger partial charge < -0.3 is 40.1 Å². The van der Waals surface area contributed by atoms with Crippen LogP contribution in [-0.4, -0.2) is 95.8 Å². The van der Waals surface area contributed by atoms with Gasteiger partial charge in [-0.1, -0.05) is 20.8 Å². The predicted octanol–water partition coefficient (Wildman–Crippen LogP) is 3.95. The van der Waals surface area contributed by atoms with Gasteiger partial charge in [0, 0.05) is 53.7 Å². The summed E-state index contributed by atoms with van der Waals surface area (Å²) in [5, 5.41) is 31.2. The minimum atomic E-state index is -0.836. The smallest absolute Gasteiger partial charge is 0.412 e. The van der Waals surface area contributed by atoms with Crippen LogP contribution < -0.4 is 4.90 Å². The van der Waals surface area contributed by atoms with Gasteiger partial charge in [-0.3, -0.25) is 19.2 Å². The molecule has 1 amide bonds. The Balaban J connectivity index is 0. The fourth-order valence-corrected chi connectivity index (χ4v) is 6.04. The van der Waals surface area contributed by atoms with Crippen LogP contribution in [0.3, 0.4) is 0 Å². The lowest BCUT2D eigenvalue weighted by Gasteiger charge is -2.34. The number of esters is 1. The van der Waals surface area contributed by atoms with Gasteiger partial charge in [-0.05, 0) is 75.8 Å². The Hall–Kier alpha value is -3.55. The van der Waals surface area contributed by atoms with E-state index in [4.69, 9.17) is 9.47 Å². The van der Waals surface area contributed by atoms with Gasteiger partial charge in [0.25, 0.3) is 0 Å². The highest BCUT2D eigenvalue weighted by Crippen LogP contribution is 2.43. The van der Waals surface area contributed by atoms with Gasteiger partial charge in [0.1, 0.15) is 17.3 Å². The summed E-state index contributed by atoms with van der Waals surface area (Å²) in [6, 6.07) is 1.74. The maximum absolute atomic E-state index is 13.7. The maximum atomic E-state index is 13.7. The van der Waals surface area contributed by atoms with Gasteiger partial charge in [-0.25, -0.2) is 4.79 Å². The summed E-state index contributed by atoms with van der Waals surface area (Å²) in [6.45, 7) is 11.1. The first-order valence-electron chi connectivity index (χ1n) is 16.1. The number of aliphatic hydroxyl groups excluding tert-OH is 2. The van der Waals surface area contributed by atoms with Gasteiger partial charge in [0.15, 0.2) is 5.78 Å². The van der Waals surface area contributed by atoms with Crippen molar-refractivity contribution in [3.63, 3.8) is 0 Å². The molecule has 1 aliphatic carbocycles. The van der Waals surface area contributed by atoms with E-state index in [-0.39, 0.29) is 87.3 Å². The van der Waals surface area contributed by atoms with Crippen molar-refractivity contribution in [3.8, 4) is 5.75 Å². The number of anilines is 1. The minimum Gasteiger partial charge on any atom is -0.507 e. The van der Waals surface area contributed by atoms with Crippen LogP contribution in [0.4, 0.5) is 10.5 Å². The van der Waals surface area contributed by atoms with Gasteiger partial charge in [0.2, 0.25) is 6.79 Å². The summed E-state index contributed by atoms with van der Waals surface area (Å²) < 4.78 is 10.4. The minimum absolute atomic E-state index is 0. The highest BCUT2D eigenvalue weighted by atomic mass is 16.7. The molecule has 0 spiro atoms. The number of phenols is 1. The zero-order valence-corrected chi connectivity index (χ0v) is 30.0. The number of fused-ring (bicyclic) bond motifs is 1. The van der Waals surface area contributed by atoms with E-state index in [1.807, 2.05) is 39.8 Å². The third-order valence-corrected chi connectivity index (χ3v) is 8.20. The van der Waals surface area contributed by atoms with Crippen LogP contribution in [0.25, 0.3) is 0 Å². The zero-order chi connectivity index (χ0) is 35.9. The van der Waals surface area contributed by atoms with Crippen LogP contribution >= 0.6 is 0 Å². The fourth-order valence-electron chi connectivity index (χ4n) is 6.04. The van der Waals surface area contributed by atoms with E-state index in [0.717, 1.165) is 0 Å². The molecule has 1 aliphatic rings. The lowest BCUT2D eigenvalue weighted by molar-refractivity contribution is -0.162. The van der Waals surface area contributed by atoms with Crippen LogP contribution in [0.1, 0.15) is 98.5 Å². The summed E-state index contributed by atoms with van der Waals surface area (Å²) in [7, 11) is 3.62. The molecule has 0 fully saturated rings. The summed E-state index contributed by atoms with van der Waals surface area (Å²) in [4.78, 5) is 66.6. The van der Waals surface area contributed by atoms with Crippen LogP contribution in [0, 0.1) is 28.6 Å². The number of aliphatic hydroxyl groups is 2. The average Bonchev–Trinajstić information content (AvgIpc) is 2.92. The van der Waals surface area contributed by atoms with E-state index >= 15 is 0 Å². The molecule has 0 aliphatic heterocycles. The molecule has 3 atom stereocenters. The van der Waals surface area contributed by atoms with Crippen molar-refractivity contribution in [2.24, 2.45) is 28.6 Å². The molecule has 276 valence electrons. The van der Waals surface area contributed by atoms with Crippen LogP contribution in [0.2, 0.25) is 0 Å². The SMILES string of the molecule is CC(=O)CC(=O)C(CO)C(CCO)CC1CC(=O)c2c(O)c(CN(CC(C)(C)C)C(=O)OCOC(=O)C(C)(C)C)cc(N(C)C)c2C1.O.[HH].[HH]. The van der Waals surface area contributed by atoms with Crippen molar-refractivity contribution in [3.05, 3.63) is 22.8 Å². The number of hydrogen-bond donors (Lipinski definition) is 3. The normalized spacial score (nSPS) is 15.8. The molecule has 48 heavy (non-hydrogen) atoms. The van der Waals surface area contributed by atoms with E-state index in [1.54, 1.807) is 26.8 Å². The molecule has 13 heteroatoms. The molecule has 0 aromatic heterocycles. The topological polar surface area (TPSA) is 202 Å². The van der Waals surface area contributed by atoms with Gasteiger partial charge in [-0.15, -0.1) is 0 Å². The summed E-state index contributed by atoms with van der Waals surface area (Å²) in [6.07, 6.45) is 0.0150. The molecule has 1 aromatic rings. The molecular weight excluding hydrogens is 624 g/mol. The number of ether oxygens (including phenoxy) is 2. The number of carbonyl (C=O) groups is 5. The first-order chi connectivity index (χ1) is 21.7. The quantitative estimate of drug-likeness (QED) is 0.137. The number of ketones is 3. The second kappa shape index (κ2) is 17.7. The number of rotatable bonds is 15. The monoisotopic (exact) mass is 684 g/mol. The van der Waals surface area contributed by atoms with Crippen LogP contribution in [-0.2, 0) is 36.8 Å². The van der Waals surface area contributed by atoms with Gasteiger partial charge in [0.05, 0.1) is 30.6 Å². The van der Waals surface area contributed by atoms with Crippen LogP contribution in [0.15, 0.2) is 6.07 Å². The molecule has 0 bridgehead atoms. The van der Waals surface area contributed by atoms with Gasteiger partial charge in [-0.2, -0.15) is 0 Å². The first-order valence-corrected chi connectivity index (χ1v) is 16.1. The number of aromatic hydroxyl groups is 1. The molecule has 2 rings (SSSR count). The van der Waals surface area contributed by atoms with Crippen molar-refractivity contribution >= 4 is 35.1 Å². The molecule has 5 N–H and O–H groups in total. The van der Waals surface area contributed by atoms with Crippen molar-refractivity contribution in [2.75, 3.05) is 45.5 Å². The molecular formula is C35H60N2O11. The lowest BCUT2D eigenvalue weighted by atomic mass is 9.73. The summed E-state index contributed by atoms with van der Waals surface area (Å²) in [5.41, 5.74) is 0.709. The molecule has 0 saturated heterocycles. The van der Waals surface area contributed by atoms with E-state index in [2.05, 4.69) is 0 Å². The zero-order valence-electron chi connectivity index (χ0n) is 30.0. The fraction of sp³-hybridized carbons (Fsp3) is 0.686. The summed E-state index contributed by atoms with van der Waals surface area (Å²) in [5.74, 6) is -3.25. The Morgan fingerprint density at radius 3 is 2.17 bits per heavy atom. The van der Waals surface area contributed by atoms with Crippen molar-refractivity contribution in [1.82, 2.24) is 4.90 Å². The third kappa shape index (κ3) is 11.9. The lowest BCUT2D eigenvalue weighted by Crippen LogP contribution is -2.38. The number of carbonyl (C=O) groups excluding carboxylic acids is 5. The second-order valence-corrected chi connectivity index (χ2v) is 15.1. The van der Waals surface area contributed by atoms with E-state index in [1.165, 1.54) is 11.8 Å². The number of nitrogens with zero attached hydrogens (tertiary/aromatic N) is 2. The Morgan fingerprint density at radius 2 is 1.67 bits per heavy atom. The van der Waals surface area contributed by atoms with Crippen molar-refractivity contribution in [2.45, 2.75) is 87.1 Å². The van der Waals surface area contributed by atoms with Crippen LogP contribution in [0.5, 0.6) is 5.75 Å². The number of amides is 1. The predicted molar refractivity (Wildman–Crippen MR) is 184 cm³/mol. The Bertz CT molecular complexity index is 1320. The number of hydrogen-bond acceptors (Lipinski definition) is 11. The molecule has 0 saturated carbocycles. The van der Waals surface area contributed by atoms with Crippen molar-refractivity contribution in [1.29, 1.82) is 0 Å². The number of benzene rings is 1. The Labute approximate surface area is 286 Å². The molecule has 13 nitrogen and oxygen atoms in total. The van der Waals surface area contributed by atoms with Gasteiger partial charge >= 0.3 is 12.1 Å². The van der Waals surface area contributed by atoms with E-state index < -0.39 is 42.7 Å². The number of phenolic OH excluding ortho intramolecular Hbond substituents is 1. The number of Topliss-reactive ketones (excluding diaryl/α,β-unsaturated/α-hetero) is 3. The summed E-state index contributed by atoms with van der Waals surface area (Å²) >= 11 is 0. The largest absolute Gasteiger partial charge is 0.507 e. The Kier molecular flexibility index (Phi) is 15.7. The molecule has 0 radical (unpaired) electrons. The van der Waals surface area contributed by atoms with Crippen molar-refractivity contribution < 1.29 is 57.1 Å². The highest BCUT2D eigenvalue weighted by Gasteiger charge is 2.36. The molecule has 0 heterocycles. The van der Waals surface area contributed by atoms with E-state index in [0.29, 0.717) is 29.7 Å². The average molecular weight is 685 g/mol. The standard InChI is InChI=1S/C35H54N2O10.H2O.2H2/c1-21(40)12-28(41)26(18-39)23(10-11-38)13-22-14-25-27(36(8)9)16-24(31(43)30(25)29(42)15-22)17-37(19-34(2,3)4)33(45)47-20-46-32(44)35(5,6)7;;;/h16,22-23,26,38-39,43H,10-15,17-20H2,1-9H3;1H2;2*1H. The maximum Gasteiger partial charge on any atom is 0.412 e. The first kappa shape index (κ1) is 42.5. The Morgan fingerprint density at radius 1 is 1.04 bits per heavy atom. The van der Waals surface area contributed by atoms with E-state index in [9.17, 15) is 39.3 Å². The third-order valence-electron chi connectivity index (χ3n) is 8.20. The molecule has 1 aromatic carbocycles. The molecule has 3 unspecified atom stereocenters.